The van der Waals surface area contributed by atoms with Crippen molar-refractivity contribution >= 4 is 34.6 Å². The van der Waals surface area contributed by atoms with E-state index in [1.807, 2.05) is 50.4 Å². The number of aromatic nitrogens is 1. The molecule has 0 amide bonds. The van der Waals surface area contributed by atoms with E-state index < -0.39 is 0 Å². The molecule has 0 aliphatic rings. The molecule has 21 heavy (non-hydrogen) atoms. The number of rotatable bonds is 4. The molecule has 1 aromatic carbocycles. The van der Waals surface area contributed by atoms with Crippen molar-refractivity contribution in [3.05, 3.63) is 58.2 Å². The van der Waals surface area contributed by atoms with Gasteiger partial charge in [0.15, 0.2) is 0 Å². The zero-order valence-electron chi connectivity index (χ0n) is 12.3. The summed E-state index contributed by atoms with van der Waals surface area (Å²) in [5.41, 5.74) is 8.62. The van der Waals surface area contributed by atoms with Crippen molar-refractivity contribution < 1.29 is 0 Å². The number of nitrogens with zero attached hydrogens (tertiary/aromatic N) is 2. The fourth-order valence-corrected chi connectivity index (χ4v) is 2.38. The topological polar surface area (TPSA) is 42.1 Å². The van der Waals surface area contributed by atoms with Crippen molar-refractivity contribution in [1.29, 1.82) is 0 Å². The highest BCUT2D eigenvalue weighted by molar-refractivity contribution is 7.80. The molecule has 2 N–H and O–H groups in total. The number of nitrogens with two attached hydrogens (primary N) is 1. The summed E-state index contributed by atoms with van der Waals surface area (Å²) in [5, 5.41) is 0.734. The van der Waals surface area contributed by atoms with E-state index in [0.717, 1.165) is 22.1 Å². The summed E-state index contributed by atoms with van der Waals surface area (Å²) >= 11 is 11.0. The SMILES string of the molecule is Cc1cc(C(N)=S)cc(N(C)C(C)c2ccc(Cl)cc2)n1. The lowest BCUT2D eigenvalue weighted by Crippen LogP contribution is -2.23. The Balaban J connectivity index is 2.32. The molecule has 0 aliphatic heterocycles. The highest BCUT2D eigenvalue weighted by Gasteiger charge is 2.15. The molecule has 1 atom stereocenters. The summed E-state index contributed by atoms with van der Waals surface area (Å²) in [7, 11) is 2.00. The highest BCUT2D eigenvalue weighted by atomic mass is 35.5. The van der Waals surface area contributed by atoms with Gasteiger partial charge in [0.2, 0.25) is 0 Å². The van der Waals surface area contributed by atoms with Crippen LogP contribution in [-0.2, 0) is 0 Å². The van der Waals surface area contributed by atoms with Crippen molar-refractivity contribution in [1.82, 2.24) is 4.98 Å². The van der Waals surface area contributed by atoms with Gasteiger partial charge in [-0.15, -0.1) is 0 Å². The molecule has 1 unspecified atom stereocenters. The molecule has 0 fully saturated rings. The average Bonchev–Trinajstić information content (AvgIpc) is 2.45. The van der Waals surface area contributed by atoms with Crippen LogP contribution in [-0.4, -0.2) is 17.0 Å². The van der Waals surface area contributed by atoms with Gasteiger partial charge in [0.25, 0.3) is 0 Å². The molecule has 0 radical (unpaired) electrons. The summed E-state index contributed by atoms with van der Waals surface area (Å²) in [6.07, 6.45) is 0. The second-order valence-electron chi connectivity index (χ2n) is 5.06. The van der Waals surface area contributed by atoms with Gasteiger partial charge in [-0.2, -0.15) is 0 Å². The minimum absolute atomic E-state index is 0.163. The van der Waals surface area contributed by atoms with E-state index in [9.17, 15) is 0 Å². The normalized spacial score (nSPS) is 12.0. The number of thiocarbonyl (C=S) groups is 1. The van der Waals surface area contributed by atoms with Crippen molar-refractivity contribution in [2.24, 2.45) is 5.73 Å². The van der Waals surface area contributed by atoms with Crippen LogP contribution in [0.5, 0.6) is 0 Å². The standard InChI is InChI=1S/C16H18ClN3S/c1-10-8-13(16(18)21)9-15(19-10)20(3)11(2)12-4-6-14(17)7-5-12/h4-9,11H,1-3H3,(H2,18,21). The smallest absolute Gasteiger partial charge is 0.129 e. The Morgan fingerprint density at radius 3 is 2.48 bits per heavy atom. The first-order valence-corrected chi connectivity index (χ1v) is 7.44. The number of halogens is 1. The van der Waals surface area contributed by atoms with Crippen LogP contribution in [0.25, 0.3) is 0 Å². The number of benzene rings is 1. The van der Waals surface area contributed by atoms with Gasteiger partial charge < -0.3 is 10.6 Å². The predicted molar refractivity (Wildman–Crippen MR) is 93.1 cm³/mol. The van der Waals surface area contributed by atoms with Gasteiger partial charge in [0.05, 0.1) is 6.04 Å². The summed E-state index contributed by atoms with van der Waals surface area (Å²) in [6.45, 7) is 4.06. The van der Waals surface area contributed by atoms with Gasteiger partial charge in [-0.05, 0) is 43.7 Å². The Hall–Kier alpha value is -1.65. The van der Waals surface area contributed by atoms with Crippen LogP contribution in [0.1, 0.15) is 29.8 Å². The van der Waals surface area contributed by atoms with Crippen LogP contribution in [0.15, 0.2) is 36.4 Å². The Morgan fingerprint density at radius 1 is 1.29 bits per heavy atom. The highest BCUT2D eigenvalue weighted by Crippen LogP contribution is 2.25. The number of anilines is 1. The molecule has 5 heteroatoms. The van der Waals surface area contributed by atoms with Crippen LogP contribution in [0.2, 0.25) is 5.02 Å². The van der Waals surface area contributed by atoms with Crippen LogP contribution in [0.4, 0.5) is 5.82 Å². The van der Waals surface area contributed by atoms with E-state index in [4.69, 9.17) is 29.6 Å². The fourth-order valence-electron chi connectivity index (χ4n) is 2.14. The van der Waals surface area contributed by atoms with E-state index in [2.05, 4.69) is 16.8 Å². The molecule has 0 saturated heterocycles. The fraction of sp³-hybridized carbons (Fsp3) is 0.250. The third kappa shape index (κ3) is 3.71. The van der Waals surface area contributed by atoms with Crippen molar-refractivity contribution in [2.45, 2.75) is 19.9 Å². The van der Waals surface area contributed by atoms with Crippen molar-refractivity contribution in [2.75, 3.05) is 11.9 Å². The number of aryl methyl sites for hydroxylation is 1. The van der Waals surface area contributed by atoms with Gasteiger partial charge in [-0.3, -0.25) is 0 Å². The van der Waals surface area contributed by atoms with Gasteiger partial charge in [-0.1, -0.05) is 36.0 Å². The number of hydrogen-bond acceptors (Lipinski definition) is 3. The third-order valence-corrected chi connectivity index (χ3v) is 4.01. The first kappa shape index (κ1) is 15.7. The molecule has 3 nitrogen and oxygen atoms in total. The monoisotopic (exact) mass is 319 g/mol. The molecule has 0 spiro atoms. The molecule has 2 aromatic rings. The maximum atomic E-state index is 5.94. The second-order valence-corrected chi connectivity index (χ2v) is 5.93. The summed E-state index contributed by atoms with van der Waals surface area (Å²) in [5.74, 6) is 0.847. The number of hydrogen-bond donors (Lipinski definition) is 1. The molecule has 0 aliphatic carbocycles. The minimum atomic E-state index is 0.163. The third-order valence-electron chi connectivity index (χ3n) is 3.52. The Bertz CT molecular complexity index is 655. The second kappa shape index (κ2) is 6.41. The largest absolute Gasteiger partial charge is 0.389 e. The van der Waals surface area contributed by atoms with E-state index in [-0.39, 0.29) is 6.04 Å². The van der Waals surface area contributed by atoms with E-state index in [1.54, 1.807) is 0 Å². The lowest BCUT2D eigenvalue weighted by Gasteiger charge is -2.27. The zero-order chi connectivity index (χ0) is 15.6. The maximum absolute atomic E-state index is 5.94. The average molecular weight is 320 g/mol. The quantitative estimate of drug-likeness (QED) is 0.869. The Labute approximate surface area is 135 Å². The molecular weight excluding hydrogens is 302 g/mol. The Morgan fingerprint density at radius 2 is 1.90 bits per heavy atom. The van der Waals surface area contributed by atoms with E-state index >= 15 is 0 Å². The van der Waals surface area contributed by atoms with E-state index in [1.165, 1.54) is 5.56 Å². The van der Waals surface area contributed by atoms with Crippen molar-refractivity contribution in [3.8, 4) is 0 Å². The maximum Gasteiger partial charge on any atom is 0.129 e. The first-order chi connectivity index (χ1) is 9.88. The minimum Gasteiger partial charge on any atom is -0.389 e. The first-order valence-electron chi connectivity index (χ1n) is 6.65. The van der Waals surface area contributed by atoms with Crippen LogP contribution < -0.4 is 10.6 Å². The molecule has 1 heterocycles. The van der Waals surface area contributed by atoms with E-state index in [0.29, 0.717) is 4.99 Å². The molecule has 110 valence electrons. The summed E-state index contributed by atoms with van der Waals surface area (Å²) in [6, 6.07) is 11.8. The molecule has 1 aromatic heterocycles. The predicted octanol–water partition coefficient (Wildman–Crippen LogP) is 3.88. The van der Waals surface area contributed by atoms with Gasteiger partial charge >= 0.3 is 0 Å². The molecule has 0 saturated carbocycles. The molecule has 0 bridgehead atoms. The molecular formula is C16H18ClN3S. The van der Waals surface area contributed by atoms with Crippen LogP contribution >= 0.6 is 23.8 Å². The van der Waals surface area contributed by atoms with Gasteiger partial charge in [-0.25, -0.2) is 4.98 Å². The lowest BCUT2D eigenvalue weighted by molar-refractivity contribution is 0.727. The summed E-state index contributed by atoms with van der Waals surface area (Å²) in [4.78, 5) is 7.04. The van der Waals surface area contributed by atoms with Gasteiger partial charge in [0, 0.05) is 23.3 Å². The Kier molecular flexibility index (Phi) is 4.80. The molecule has 2 rings (SSSR count). The zero-order valence-corrected chi connectivity index (χ0v) is 13.9. The van der Waals surface area contributed by atoms with Crippen LogP contribution in [0, 0.1) is 6.92 Å². The van der Waals surface area contributed by atoms with Crippen LogP contribution in [0.3, 0.4) is 0 Å². The van der Waals surface area contributed by atoms with Gasteiger partial charge in [0.1, 0.15) is 10.8 Å². The lowest BCUT2D eigenvalue weighted by atomic mass is 10.1. The summed E-state index contributed by atoms with van der Waals surface area (Å²) < 4.78 is 0. The van der Waals surface area contributed by atoms with Crippen molar-refractivity contribution in [3.63, 3.8) is 0 Å². The number of pyridine rings is 1.